The van der Waals surface area contributed by atoms with Crippen LogP contribution in [-0.4, -0.2) is 43.8 Å². The average Bonchev–Trinajstić information content (AvgIpc) is 3.24. The summed E-state index contributed by atoms with van der Waals surface area (Å²) in [5.74, 6) is -0.102. The first-order valence-corrected chi connectivity index (χ1v) is 12.6. The van der Waals surface area contributed by atoms with E-state index < -0.39 is 10.0 Å². The van der Waals surface area contributed by atoms with Crippen LogP contribution in [0.1, 0.15) is 35.5 Å². The average molecular weight is 458 g/mol. The topological polar surface area (TPSA) is 79.4 Å². The van der Waals surface area contributed by atoms with Crippen LogP contribution in [-0.2, 0) is 16.4 Å². The quantitative estimate of drug-likeness (QED) is 0.524. The van der Waals surface area contributed by atoms with Gasteiger partial charge >= 0.3 is 0 Å². The molecular formula is C23H27N3O3S2. The molecule has 0 fully saturated rings. The van der Waals surface area contributed by atoms with Gasteiger partial charge in [0.1, 0.15) is 5.01 Å². The molecule has 1 aromatic heterocycles. The summed E-state index contributed by atoms with van der Waals surface area (Å²) in [6.45, 7) is 7.34. The van der Waals surface area contributed by atoms with Crippen LogP contribution in [0, 0.1) is 6.92 Å². The second-order valence-electron chi connectivity index (χ2n) is 7.16. The van der Waals surface area contributed by atoms with E-state index in [1.54, 1.807) is 28.4 Å². The number of carbonyl (C=O) groups is 1. The predicted molar refractivity (Wildman–Crippen MR) is 125 cm³/mol. The third-order valence-electron chi connectivity index (χ3n) is 4.99. The van der Waals surface area contributed by atoms with E-state index >= 15 is 0 Å². The van der Waals surface area contributed by atoms with Crippen LogP contribution >= 0.6 is 11.3 Å². The van der Waals surface area contributed by atoms with Gasteiger partial charge in [0, 0.05) is 42.6 Å². The summed E-state index contributed by atoms with van der Waals surface area (Å²) in [7, 11) is -3.65. The van der Waals surface area contributed by atoms with Crippen LogP contribution in [0.5, 0.6) is 0 Å². The smallest absolute Gasteiger partial charge is 0.253 e. The maximum Gasteiger partial charge on any atom is 0.253 e. The van der Waals surface area contributed by atoms with E-state index in [9.17, 15) is 13.2 Å². The number of aryl methyl sites for hydroxylation is 1. The number of nitrogens with zero attached hydrogens (tertiary/aromatic N) is 2. The molecular weight excluding hydrogens is 430 g/mol. The lowest BCUT2D eigenvalue weighted by Crippen LogP contribution is -2.30. The molecule has 2 aromatic carbocycles. The number of hydrogen-bond donors (Lipinski definition) is 1. The van der Waals surface area contributed by atoms with E-state index in [4.69, 9.17) is 0 Å². The highest BCUT2D eigenvalue weighted by Crippen LogP contribution is 2.24. The van der Waals surface area contributed by atoms with Crippen molar-refractivity contribution < 1.29 is 13.2 Å². The SMILES string of the molecule is CCN(CC)C(=O)c1ccc(S(=O)(=O)NCCc2csc(-c3ccc(C)cc3)n2)cc1. The number of carbonyl (C=O) groups excluding carboxylic acids is 1. The Morgan fingerprint density at radius 1 is 1.03 bits per heavy atom. The summed E-state index contributed by atoms with van der Waals surface area (Å²) in [4.78, 5) is 18.8. The molecule has 1 amide bonds. The molecule has 164 valence electrons. The van der Waals surface area contributed by atoms with Crippen molar-refractivity contribution >= 4 is 27.3 Å². The summed E-state index contributed by atoms with van der Waals surface area (Å²) < 4.78 is 27.8. The Bertz CT molecular complexity index is 1120. The molecule has 0 aliphatic heterocycles. The van der Waals surface area contributed by atoms with Crippen LogP contribution in [0.2, 0.25) is 0 Å². The molecule has 0 spiro atoms. The molecule has 0 aliphatic rings. The minimum atomic E-state index is -3.65. The van der Waals surface area contributed by atoms with E-state index in [1.165, 1.54) is 17.7 Å². The molecule has 0 radical (unpaired) electrons. The standard InChI is InChI=1S/C23H27N3O3S2/c1-4-26(5-2)23(27)19-10-12-21(13-11-19)31(28,29)24-15-14-20-16-30-22(25-20)18-8-6-17(3)7-9-18/h6-13,16,24H,4-5,14-15H2,1-3H3. The Kier molecular flexibility index (Phi) is 7.59. The lowest BCUT2D eigenvalue weighted by molar-refractivity contribution is 0.0773. The van der Waals surface area contributed by atoms with Gasteiger partial charge in [0.05, 0.1) is 10.6 Å². The second kappa shape index (κ2) is 10.2. The van der Waals surface area contributed by atoms with Crippen molar-refractivity contribution in [1.29, 1.82) is 0 Å². The fourth-order valence-corrected chi connectivity index (χ4v) is 5.01. The Morgan fingerprint density at radius 3 is 2.29 bits per heavy atom. The molecule has 1 N–H and O–H groups in total. The molecule has 3 rings (SSSR count). The fourth-order valence-electron chi connectivity index (χ4n) is 3.12. The number of hydrogen-bond acceptors (Lipinski definition) is 5. The van der Waals surface area contributed by atoms with Crippen molar-refractivity contribution in [1.82, 2.24) is 14.6 Å². The molecule has 0 saturated heterocycles. The van der Waals surface area contributed by atoms with Crippen molar-refractivity contribution in [2.24, 2.45) is 0 Å². The van der Waals surface area contributed by atoms with Crippen LogP contribution in [0.15, 0.2) is 58.8 Å². The largest absolute Gasteiger partial charge is 0.339 e. The predicted octanol–water partition coefficient (Wildman–Crippen LogP) is 4.12. The number of aromatic nitrogens is 1. The highest BCUT2D eigenvalue weighted by Gasteiger charge is 2.17. The summed E-state index contributed by atoms with van der Waals surface area (Å²) in [6.07, 6.45) is 0.500. The van der Waals surface area contributed by atoms with Gasteiger partial charge in [-0.15, -0.1) is 11.3 Å². The molecule has 0 atom stereocenters. The fraction of sp³-hybridized carbons (Fsp3) is 0.304. The van der Waals surface area contributed by atoms with E-state index in [1.807, 2.05) is 50.4 Å². The van der Waals surface area contributed by atoms with Crippen molar-refractivity contribution in [3.8, 4) is 10.6 Å². The zero-order valence-electron chi connectivity index (χ0n) is 18.0. The number of rotatable bonds is 9. The van der Waals surface area contributed by atoms with E-state index in [0.29, 0.717) is 25.1 Å². The third kappa shape index (κ3) is 5.78. The van der Waals surface area contributed by atoms with Crippen LogP contribution < -0.4 is 4.72 Å². The minimum absolute atomic E-state index is 0.102. The van der Waals surface area contributed by atoms with Gasteiger partial charge in [-0.1, -0.05) is 29.8 Å². The Hall–Kier alpha value is -2.55. The van der Waals surface area contributed by atoms with Gasteiger partial charge in [-0.3, -0.25) is 4.79 Å². The molecule has 8 heteroatoms. The summed E-state index contributed by atoms with van der Waals surface area (Å²) in [5.41, 5.74) is 3.58. The molecule has 0 bridgehead atoms. The number of thiazole rings is 1. The molecule has 31 heavy (non-hydrogen) atoms. The van der Waals surface area contributed by atoms with Crippen molar-refractivity contribution in [3.63, 3.8) is 0 Å². The summed E-state index contributed by atoms with van der Waals surface area (Å²) in [5, 5.41) is 2.88. The van der Waals surface area contributed by atoms with E-state index in [-0.39, 0.29) is 17.3 Å². The molecule has 3 aromatic rings. The monoisotopic (exact) mass is 457 g/mol. The van der Waals surface area contributed by atoms with E-state index in [2.05, 4.69) is 9.71 Å². The number of amides is 1. The van der Waals surface area contributed by atoms with Gasteiger partial charge in [0.15, 0.2) is 0 Å². The highest BCUT2D eigenvalue weighted by molar-refractivity contribution is 7.89. The molecule has 6 nitrogen and oxygen atoms in total. The van der Waals surface area contributed by atoms with Crippen LogP contribution in [0.3, 0.4) is 0 Å². The maximum absolute atomic E-state index is 12.6. The first-order valence-electron chi connectivity index (χ1n) is 10.2. The highest BCUT2D eigenvalue weighted by atomic mass is 32.2. The second-order valence-corrected chi connectivity index (χ2v) is 9.78. The normalized spacial score (nSPS) is 11.5. The van der Waals surface area contributed by atoms with Crippen LogP contribution in [0.4, 0.5) is 0 Å². The molecule has 0 saturated carbocycles. The minimum Gasteiger partial charge on any atom is -0.339 e. The van der Waals surface area contributed by atoms with Gasteiger partial charge in [-0.2, -0.15) is 0 Å². The summed E-state index contributed by atoms with van der Waals surface area (Å²) >= 11 is 1.55. The Balaban J connectivity index is 1.59. The first kappa shape index (κ1) is 23.1. The first-order chi connectivity index (χ1) is 14.8. The number of nitrogens with one attached hydrogen (secondary N) is 1. The molecule has 0 unspecified atom stereocenters. The molecule has 1 heterocycles. The van der Waals surface area contributed by atoms with Gasteiger partial charge < -0.3 is 4.90 Å². The van der Waals surface area contributed by atoms with Gasteiger partial charge in [0.25, 0.3) is 5.91 Å². The van der Waals surface area contributed by atoms with Gasteiger partial charge in [-0.05, 0) is 45.0 Å². The number of benzene rings is 2. The van der Waals surface area contributed by atoms with Crippen molar-refractivity contribution in [3.05, 3.63) is 70.7 Å². The van der Waals surface area contributed by atoms with Gasteiger partial charge in [-0.25, -0.2) is 18.1 Å². The van der Waals surface area contributed by atoms with Crippen molar-refractivity contribution in [2.75, 3.05) is 19.6 Å². The van der Waals surface area contributed by atoms with Gasteiger partial charge in [0.2, 0.25) is 10.0 Å². The Labute approximate surface area is 188 Å². The molecule has 0 aliphatic carbocycles. The van der Waals surface area contributed by atoms with Crippen LogP contribution in [0.25, 0.3) is 10.6 Å². The number of sulfonamides is 1. The zero-order chi connectivity index (χ0) is 22.4. The van der Waals surface area contributed by atoms with Crippen molar-refractivity contribution in [2.45, 2.75) is 32.1 Å². The lowest BCUT2D eigenvalue weighted by atomic mass is 10.2. The third-order valence-corrected chi connectivity index (χ3v) is 7.40. The Morgan fingerprint density at radius 2 is 1.68 bits per heavy atom. The zero-order valence-corrected chi connectivity index (χ0v) is 19.6. The lowest BCUT2D eigenvalue weighted by Gasteiger charge is -2.18. The summed E-state index contributed by atoms with van der Waals surface area (Å²) in [6, 6.07) is 14.2. The maximum atomic E-state index is 12.6. The van der Waals surface area contributed by atoms with E-state index in [0.717, 1.165) is 16.3 Å².